The number of hydrogen-bond donors (Lipinski definition) is 0. The average Bonchev–Trinajstić information content (AvgIpc) is 1.87. The first-order chi connectivity index (χ1) is 4.20. The fourth-order valence-corrected chi connectivity index (χ4v) is 0.479. The van der Waals surface area contributed by atoms with Crippen LogP contribution in [0.4, 0.5) is 0 Å². The van der Waals surface area contributed by atoms with Crippen LogP contribution < -0.4 is 0 Å². The van der Waals surface area contributed by atoms with E-state index in [1.165, 1.54) is 0 Å². The molecule has 0 fully saturated rings. The van der Waals surface area contributed by atoms with Crippen molar-refractivity contribution in [2.24, 2.45) is 0 Å². The lowest BCUT2D eigenvalue weighted by molar-refractivity contribution is -0.139. The molecular formula is C7H16O2. The van der Waals surface area contributed by atoms with E-state index in [0.29, 0.717) is 6.10 Å². The van der Waals surface area contributed by atoms with Gasteiger partial charge >= 0.3 is 0 Å². The molecule has 0 radical (unpaired) electrons. The van der Waals surface area contributed by atoms with Crippen molar-refractivity contribution in [1.82, 2.24) is 0 Å². The fraction of sp³-hybridized carbons (Fsp3) is 1.00. The zero-order valence-electron chi connectivity index (χ0n) is 6.68. The summed E-state index contributed by atoms with van der Waals surface area (Å²) in [5.41, 5.74) is 0. The Hall–Kier alpha value is -0.0800. The average molecular weight is 132 g/mol. The largest absolute Gasteiger partial charge is 0.356 e. The highest BCUT2D eigenvalue weighted by Gasteiger charge is 2.03. The summed E-state index contributed by atoms with van der Waals surface area (Å²) in [6, 6.07) is 0. The number of methoxy groups -OCH3 is 1. The minimum absolute atomic E-state index is 0.0695. The molecule has 0 aromatic heterocycles. The van der Waals surface area contributed by atoms with Crippen LogP contribution in [0.25, 0.3) is 0 Å². The van der Waals surface area contributed by atoms with Crippen molar-refractivity contribution in [3.63, 3.8) is 0 Å². The molecule has 0 bridgehead atoms. The Morgan fingerprint density at radius 2 is 1.89 bits per heavy atom. The number of hydrogen-bond acceptors (Lipinski definition) is 2. The summed E-state index contributed by atoms with van der Waals surface area (Å²) < 4.78 is 10.2. The Balaban J connectivity index is 3.22. The molecule has 0 heterocycles. The first-order valence-corrected chi connectivity index (χ1v) is 3.39. The van der Waals surface area contributed by atoms with Crippen LogP contribution in [0.3, 0.4) is 0 Å². The minimum Gasteiger partial charge on any atom is -0.356 e. The Bertz CT molecular complexity index is 55.9. The smallest absolute Gasteiger partial charge is 0.154 e. The lowest BCUT2D eigenvalue weighted by Crippen LogP contribution is -2.17. The standard InChI is InChI=1S/C7H16O2/c1-5-6(2)9-7(3)8-4/h6-7H,5H2,1-4H3. The highest BCUT2D eigenvalue weighted by molar-refractivity contribution is 4.43. The monoisotopic (exact) mass is 132 g/mol. The van der Waals surface area contributed by atoms with E-state index in [1.807, 2.05) is 13.8 Å². The lowest BCUT2D eigenvalue weighted by atomic mass is 10.3. The van der Waals surface area contributed by atoms with Gasteiger partial charge in [0.1, 0.15) is 0 Å². The molecule has 0 saturated heterocycles. The molecule has 9 heavy (non-hydrogen) atoms. The maximum absolute atomic E-state index is 5.33. The van der Waals surface area contributed by atoms with Gasteiger partial charge < -0.3 is 9.47 Å². The molecule has 0 aromatic carbocycles. The lowest BCUT2D eigenvalue weighted by Gasteiger charge is -2.15. The Labute approximate surface area is 57.2 Å². The Morgan fingerprint density at radius 3 is 2.22 bits per heavy atom. The van der Waals surface area contributed by atoms with E-state index in [1.54, 1.807) is 7.11 Å². The first-order valence-electron chi connectivity index (χ1n) is 3.39. The normalized spacial score (nSPS) is 17.3. The molecule has 0 saturated carbocycles. The molecule has 0 aliphatic rings. The molecule has 2 nitrogen and oxygen atoms in total. The molecule has 0 rings (SSSR count). The quantitative estimate of drug-likeness (QED) is 0.543. The Morgan fingerprint density at radius 1 is 1.33 bits per heavy atom. The minimum atomic E-state index is -0.0695. The molecule has 2 unspecified atom stereocenters. The van der Waals surface area contributed by atoms with Gasteiger partial charge in [-0.3, -0.25) is 0 Å². The summed E-state index contributed by atoms with van der Waals surface area (Å²) >= 11 is 0. The van der Waals surface area contributed by atoms with E-state index in [2.05, 4.69) is 6.92 Å². The van der Waals surface area contributed by atoms with Gasteiger partial charge in [0.2, 0.25) is 0 Å². The van der Waals surface area contributed by atoms with Crippen LogP contribution in [-0.4, -0.2) is 19.5 Å². The van der Waals surface area contributed by atoms with Gasteiger partial charge in [0.25, 0.3) is 0 Å². The van der Waals surface area contributed by atoms with E-state index < -0.39 is 0 Å². The maximum atomic E-state index is 5.33. The van der Waals surface area contributed by atoms with Crippen molar-refractivity contribution in [2.45, 2.75) is 39.6 Å². The molecular weight excluding hydrogens is 116 g/mol. The predicted octanol–water partition coefficient (Wildman–Crippen LogP) is 1.79. The van der Waals surface area contributed by atoms with Gasteiger partial charge in [-0.1, -0.05) is 6.92 Å². The number of ether oxygens (including phenoxy) is 2. The van der Waals surface area contributed by atoms with Crippen molar-refractivity contribution in [3.05, 3.63) is 0 Å². The molecule has 0 spiro atoms. The van der Waals surface area contributed by atoms with Crippen LogP contribution in [0.15, 0.2) is 0 Å². The van der Waals surface area contributed by atoms with E-state index in [0.717, 1.165) is 6.42 Å². The first kappa shape index (κ1) is 8.92. The van der Waals surface area contributed by atoms with Crippen LogP contribution in [0.2, 0.25) is 0 Å². The fourth-order valence-electron chi connectivity index (χ4n) is 0.479. The molecule has 56 valence electrons. The third-order valence-electron chi connectivity index (χ3n) is 1.33. The molecule has 0 aliphatic heterocycles. The van der Waals surface area contributed by atoms with Crippen LogP contribution in [0.5, 0.6) is 0 Å². The van der Waals surface area contributed by atoms with Crippen molar-refractivity contribution < 1.29 is 9.47 Å². The van der Waals surface area contributed by atoms with Crippen molar-refractivity contribution in [2.75, 3.05) is 7.11 Å². The van der Waals surface area contributed by atoms with Gasteiger partial charge in [-0.2, -0.15) is 0 Å². The molecule has 0 aliphatic carbocycles. The second kappa shape index (κ2) is 4.77. The van der Waals surface area contributed by atoms with Gasteiger partial charge in [-0.25, -0.2) is 0 Å². The summed E-state index contributed by atoms with van der Waals surface area (Å²) in [5.74, 6) is 0. The van der Waals surface area contributed by atoms with Gasteiger partial charge in [0.15, 0.2) is 6.29 Å². The summed E-state index contributed by atoms with van der Waals surface area (Å²) in [6.45, 7) is 6.02. The second-order valence-electron chi connectivity index (χ2n) is 2.16. The van der Waals surface area contributed by atoms with E-state index in [9.17, 15) is 0 Å². The van der Waals surface area contributed by atoms with Crippen LogP contribution >= 0.6 is 0 Å². The zero-order valence-corrected chi connectivity index (χ0v) is 6.68. The van der Waals surface area contributed by atoms with Crippen molar-refractivity contribution >= 4 is 0 Å². The van der Waals surface area contributed by atoms with Gasteiger partial charge in [0, 0.05) is 7.11 Å². The molecule has 2 heteroatoms. The topological polar surface area (TPSA) is 18.5 Å². The summed E-state index contributed by atoms with van der Waals surface area (Å²) in [4.78, 5) is 0. The van der Waals surface area contributed by atoms with Crippen LogP contribution in [-0.2, 0) is 9.47 Å². The maximum Gasteiger partial charge on any atom is 0.154 e. The third-order valence-corrected chi connectivity index (χ3v) is 1.33. The zero-order chi connectivity index (χ0) is 7.28. The molecule has 0 N–H and O–H groups in total. The van der Waals surface area contributed by atoms with Crippen molar-refractivity contribution in [3.8, 4) is 0 Å². The van der Waals surface area contributed by atoms with Gasteiger partial charge in [-0.05, 0) is 20.3 Å². The van der Waals surface area contributed by atoms with E-state index in [4.69, 9.17) is 9.47 Å². The summed E-state index contributed by atoms with van der Waals surface area (Å²) in [7, 11) is 1.65. The SMILES string of the molecule is CCC(C)OC(C)OC. The molecule has 2 atom stereocenters. The second-order valence-corrected chi connectivity index (χ2v) is 2.16. The molecule has 0 aromatic rings. The van der Waals surface area contributed by atoms with E-state index >= 15 is 0 Å². The summed E-state index contributed by atoms with van der Waals surface area (Å²) in [6.07, 6.45) is 1.27. The van der Waals surface area contributed by atoms with Crippen LogP contribution in [0.1, 0.15) is 27.2 Å². The Kier molecular flexibility index (Phi) is 4.72. The predicted molar refractivity (Wildman–Crippen MR) is 37.3 cm³/mol. The highest BCUT2D eigenvalue weighted by Crippen LogP contribution is 2.00. The third kappa shape index (κ3) is 4.43. The summed E-state index contributed by atoms with van der Waals surface area (Å²) in [5, 5.41) is 0. The molecule has 0 amide bonds. The van der Waals surface area contributed by atoms with Gasteiger partial charge in [0.05, 0.1) is 6.10 Å². The van der Waals surface area contributed by atoms with Gasteiger partial charge in [-0.15, -0.1) is 0 Å². The van der Waals surface area contributed by atoms with Crippen LogP contribution in [0, 0.1) is 0 Å². The van der Waals surface area contributed by atoms with Crippen molar-refractivity contribution in [1.29, 1.82) is 0 Å². The number of rotatable bonds is 4. The highest BCUT2D eigenvalue weighted by atomic mass is 16.7. The van der Waals surface area contributed by atoms with E-state index in [-0.39, 0.29) is 6.29 Å².